The molecule has 0 saturated carbocycles. The summed E-state index contributed by atoms with van der Waals surface area (Å²) in [7, 11) is 0. The Morgan fingerprint density at radius 2 is 1.33 bits per heavy atom. The van der Waals surface area contributed by atoms with Crippen molar-refractivity contribution in [3.63, 3.8) is 0 Å². The number of nitrogens with zero attached hydrogens (tertiary/aromatic N) is 3. The van der Waals surface area contributed by atoms with Gasteiger partial charge in [0, 0.05) is 51.5 Å². The topological polar surface area (TPSA) is 206 Å². The first kappa shape index (κ1) is 38.7. The molecule has 0 aromatic carbocycles. The molecule has 4 atom stereocenters. The van der Waals surface area contributed by atoms with Gasteiger partial charge in [-0.15, -0.1) is 46.2 Å². The Kier molecular flexibility index (Phi) is 12.2. The van der Waals surface area contributed by atoms with Gasteiger partial charge in [0.05, 0.1) is 24.5 Å². The molecule has 4 aliphatic rings. The third kappa shape index (κ3) is 8.53. The number of thiophene rings is 2. The molecular weight excluding hydrogens is 779 g/mol. The molecule has 0 unspecified atom stereocenters. The molecule has 4 amide bonds. The van der Waals surface area contributed by atoms with Crippen molar-refractivity contribution in [1.29, 1.82) is 0 Å². The van der Waals surface area contributed by atoms with Gasteiger partial charge in [-0.1, -0.05) is 18.2 Å². The van der Waals surface area contributed by atoms with Gasteiger partial charge in [0.1, 0.15) is 35.1 Å². The minimum atomic E-state index is -1.37. The number of β-lactam (4-membered cyclic amide) rings is 2. The molecule has 15 nitrogen and oxygen atoms in total. The Bertz CT molecular complexity index is 2020. The zero-order valence-electron chi connectivity index (χ0n) is 28.5. The summed E-state index contributed by atoms with van der Waals surface area (Å²) in [6, 6.07) is 11.5. The molecule has 7 rings (SSSR count). The monoisotopic (exact) mass is 811 g/mol. The summed E-state index contributed by atoms with van der Waals surface area (Å²) in [5, 5.41) is 29.5. The van der Waals surface area contributed by atoms with Crippen LogP contribution in [-0.2, 0) is 57.7 Å². The second-order valence-electron chi connectivity index (χ2n) is 12.2. The van der Waals surface area contributed by atoms with Crippen molar-refractivity contribution in [2.45, 2.75) is 49.1 Å². The fourth-order valence-electron chi connectivity index (χ4n) is 6.13. The van der Waals surface area contributed by atoms with Crippen molar-refractivity contribution >= 4 is 87.7 Å². The first-order valence-corrected chi connectivity index (χ1v) is 20.3. The van der Waals surface area contributed by atoms with Crippen molar-refractivity contribution in [2.24, 2.45) is 0 Å². The van der Waals surface area contributed by atoms with E-state index in [-0.39, 0.29) is 42.7 Å². The number of nitrogens with one attached hydrogen (secondary N) is 2. The van der Waals surface area contributed by atoms with Crippen LogP contribution in [0.25, 0.3) is 0 Å². The van der Waals surface area contributed by atoms with E-state index in [9.17, 15) is 43.8 Å². The molecule has 4 aliphatic heterocycles. The number of rotatable bonds is 12. The zero-order valence-corrected chi connectivity index (χ0v) is 31.8. The highest BCUT2D eigenvalue weighted by molar-refractivity contribution is 8.00. The maximum atomic E-state index is 12.6. The summed E-state index contributed by atoms with van der Waals surface area (Å²) >= 11 is 5.72. The number of thioether (sulfide) groups is 2. The predicted octanol–water partition coefficient (Wildman–Crippen LogP) is 0.275. The first-order valence-electron chi connectivity index (χ1n) is 16.4. The van der Waals surface area contributed by atoms with Gasteiger partial charge in [-0.25, -0.2) is 9.36 Å². The molecule has 54 heavy (non-hydrogen) atoms. The number of amides is 4. The van der Waals surface area contributed by atoms with Crippen LogP contribution in [-0.4, -0.2) is 97.4 Å². The van der Waals surface area contributed by atoms with Crippen LogP contribution < -0.4 is 20.3 Å². The summed E-state index contributed by atoms with van der Waals surface area (Å²) in [4.78, 5) is 87.9. The van der Waals surface area contributed by atoms with Crippen LogP contribution in [0.4, 0.5) is 0 Å². The molecular formula is C35H33N5O10S4. The predicted molar refractivity (Wildman–Crippen MR) is 196 cm³/mol. The van der Waals surface area contributed by atoms with Gasteiger partial charge < -0.3 is 30.4 Å². The molecule has 2 fully saturated rings. The van der Waals surface area contributed by atoms with Crippen LogP contribution in [0.15, 0.2) is 88.2 Å². The van der Waals surface area contributed by atoms with E-state index < -0.39 is 52.6 Å². The Balaban J connectivity index is 0.000000185. The normalized spacial score (nSPS) is 21.4. The van der Waals surface area contributed by atoms with Gasteiger partial charge in [0.2, 0.25) is 11.8 Å². The molecule has 7 heterocycles. The quantitative estimate of drug-likeness (QED) is 0.128. The van der Waals surface area contributed by atoms with Crippen LogP contribution in [0.3, 0.4) is 0 Å². The highest BCUT2D eigenvalue weighted by atomic mass is 32.2. The fourth-order valence-corrected chi connectivity index (χ4v) is 10.2. The number of esters is 1. The number of ether oxygens (including phenoxy) is 1. The van der Waals surface area contributed by atoms with Crippen LogP contribution in [0, 0.1) is 0 Å². The van der Waals surface area contributed by atoms with Gasteiger partial charge in [-0.05, 0) is 22.9 Å². The Hall–Kier alpha value is -4.98. The number of aromatic nitrogens is 1. The van der Waals surface area contributed by atoms with E-state index in [0.717, 1.165) is 14.7 Å². The van der Waals surface area contributed by atoms with Crippen molar-refractivity contribution < 1.29 is 53.1 Å². The van der Waals surface area contributed by atoms with Crippen molar-refractivity contribution in [3.8, 4) is 0 Å². The third-order valence-corrected chi connectivity index (χ3v) is 13.0. The number of carbonyl (C=O) groups is 7. The van der Waals surface area contributed by atoms with E-state index in [1.54, 1.807) is 0 Å². The van der Waals surface area contributed by atoms with E-state index in [1.165, 1.54) is 58.0 Å². The summed E-state index contributed by atoms with van der Waals surface area (Å²) in [6.07, 6.45) is 4.06. The maximum absolute atomic E-state index is 12.6. The number of fused-ring (bicyclic) bond motifs is 2. The minimum Gasteiger partial charge on any atom is -0.543 e. The standard InChI is InChI=1S/C19H17N3O4S2.C16H16N2O6S2/c23-14(9-13-5-4-8-27-13)20-15-17(24)22-16(19(25)26)12(11-28-18(15)22)10-21-6-2-1-3-7-21;1-8(19)24-6-9-7-26-15-12(14(21)18(15)13(9)16(22)23)17-11(20)5-10-3-2-4-25-10/h1-8,15,18H,9-11H2,(H-,20,23,25,26);2-4,12,15H,5-7H2,1H3,(H,17,20)(H,22,23)/t15-,18-;12-,15-/m11/s1. The highest BCUT2D eigenvalue weighted by Crippen LogP contribution is 2.41. The molecule has 0 aliphatic carbocycles. The highest BCUT2D eigenvalue weighted by Gasteiger charge is 2.55. The van der Waals surface area contributed by atoms with Crippen molar-refractivity contribution in [2.75, 3.05) is 18.1 Å². The van der Waals surface area contributed by atoms with Gasteiger partial charge in [0.15, 0.2) is 18.9 Å². The fraction of sp³-hybridized carbons (Fsp3) is 0.314. The van der Waals surface area contributed by atoms with E-state index in [0.29, 0.717) is 29.2 Å². The second kappa shape index (κ2) is 17.0. The second-order valence-corrected chi connectivity index (χ2v) is 16.5. The Labute approximate surface area is 325 Å². The lowest BCUT2D eigenvalue weighted by atomic mass is 10.0. The minimum absolute atomic E-state index is 0.0751. The molecule has 3 aromatic heterocycles. The number of carboxylic acid groups (broad SMARTS) is 2. The van der Waals surface area contributed by atoms with Gasteiger partial charge >= 0.3 is 11.9 Å². The average Bonchev–Trinajstić information content (AvgIpc) is 3.86. The number of carbonyl (C=O) groups excluding carboxylic acids is 6. The van der Waals surface area contributed by atoms with Gasteiger partial charge in [0.25, 0.3) is 11.8 Å². The third-order valence-electron chi connectivity index (χ3n) is 8.55. The van der Waals surface area contributed by atoms with Gasteiger partial charge in [-0.3, -0.25) is 33.8 Å². The number of aliphatic carboxylic acids is 2. The largest absolute Gasteiger partial charge is 0.543 e. The summed E-state index contributed by atoms with van der Waals surface area (Å²) in [6.45, 7) is 1.42. The molecule has 19 heteroatoms. The lowest BCUT2D eigenvalue weighted by molar-refractivity contribution is -0.689. The zero-order chi connectivity index (χ0) is 38.5. The summed E-state index contributed by atoms with van der Waals surface area (Å²) < 4.78 is 6.73. The molecule has 3 N–H and O–H groups in total. The molecule has 282 valence electrons. The summed E-state index contributed by atoms with van der Waals surface area (Å²) in [5.74, 6) is -3.79. The van der Waals surface area contributed by atoms with E-state index in [4.69, 9.17) is 4.74 Å². The molecule has 3 aromatic rings. The van der Waals surface area contributed by atoms with Gasteiger partial charge in [-0.2, -0.15) is 0 Å². The van der Waals surface area contributed by atoms with Crippen molar-refractivity contribution in [3.05, 3.63) is 97.9 Å². The van der Waals surface area contributed by atoms with E-state index >= 15 is 0 Å². The number of hydrogen-bond acceptors (Lipinski definition) is 13. The smallest absolute Gasteiger partial charge is 0.352 e. The molecule has 0 radical (unpaired) electrons. The lowest BCUT2D eigenvalue weighted by Gasteiger charge is -2.50. The lowest BCUT2D eigenvalue weighted by Crippen LogP contribution is -2.71. The maximum Gasteiger partial charge on any atom is 0.352 e. The Morgan fingerprint density at radius 1 is 0.815 bits per heavy atom. The molecule has 2 saturated heterocycles. The van der Waals surface area contributed by atoms with E-state index in [1.807, 2.05) is 70.2 Å². The molecule has 0 bridgehead atoms. The van der Waals surface area contributed by atoms with Crippen LogP contribution in [0.2, 0.25) is 0 Å². The SMILES string of the molecule is CC(=O)OCC1=C(C(=O)O)N2C(=O)[C@@H](NC(=O)Cc3cccs3)[C@H]2SC1.O=C(Cc1cccs1)N[C@@H]1C(=O)N2C(C(=O)[O-])=C(C[n+]3ccccc3)CS[C@H]12. The Morgan fingerprint density at radius 3 is 1.80 bits per heavy atom. The van der Waals surface area contributed by atoms with Crippen LogP contribution in [0.1, 0.15) is 16.7 Å². The average molecular weight is 812 g/mol. The summed E-state index contributed by atoms with van der Waals surface area (Å²) in [5.41, 5.74) is 0.748. The number of pyridine rings is 1. The van der Waals surface area contributed by atoms with E-state index in [2.05, 4.69) is 10.6 Å². The number of hydrogen-bond donors (Lipinski definition) is 3. The van der Waals surface area contributed by atoms with Crippen molar-refractivity contribution in [1.82, 2.24) is 20.4 Å². The number of carboxylic acids is 2. The van der Waals surface area contributed by atoms with Crippen LogP contribution >= 0.6 is 46.2 Å². The van der Waals surface area contributed by atoms with Crippen LogP contribution in [0.5, 0.6) is 0 Å². The first-order chi connectivity index (χ1) is 25.9. The molecule has 0 spiro atoms.